The average molecular weight is 464 g/mol. The smallest absolute Gasteiger partial charge is 0.342 e. The first-order valence-corrected chi connectivity index (χ1v) is 10.7. The maximum absolute atomic E-state index is 11.8. The molecule has 6 nitrogen and oxygen atoms in total. The first-order valence-electron chi connectivity index (χ1n) is 9.16. The minimum atomic E-state index is -1.10. The molecule has 0 saturated heterocycles. The molecule has 30 heavy (non-hydrogen) atoms. The molecule has 156 valence electrons. The lowest BCUT2D eigenvalue weighted by molar-refractivity contribution is -0.131. The van der Waals surface area contributed by atoms with Crippen LogP contribution in [0.15, 0.2) is 52.5 Å². The Balaban J connectivity index is 1.85. The molecule has 0 unspecified atom stereocenters. The Morgan fingerprint density at radius 1 is 1.27 bits per heavy atom. The van der Waals surface area contributed by atoms with Crippen LogP contribution in [0.3, 0.4) is 0 Å². The van der Waals surface area contributed by atoms with Gasteiger partial charge in [-0.25, -0.2) is 9.78 Å². The number of aromatic nitrogens is 3. The third-order valence-electron chi connectivity index (χ3n) is 4.01. The van der Waals surface area contributed by atoms with Gasteiger partial charge in [0.15, 0.2) is 0 Å². The highest BCUT2D eigenvalue weighted by Crippen LogP contribution is 2.31. The summed E-state index contributed by atoms with van der Waals surface area (Å²) in [5.41, 5.74) is 1.35. The average Bonchev–Trinajstić information content (AvgIpc) is 3.15. The summed E-state index contributed by atoms with van der Waals surface area (Å²) in [6.45, 7) is 2.26. The highest BCUT2D eigenvalue weighted by atomic mass is 35.5. The molecule has 0 spiro atoms. The quantitative estimate of drug-likeness (QED) is 0.305. The minimum Gasteiger partial charge on any atom is -0.488 e. The zero-order valence-corrected chi connectivity index (χ0v) is 18.4. The molecule has 0 saturated carbocycles. The normalized spacial score (nSPS) is 11.5. The number of benzene rings is 2. The van der Waals surface area contributed by atoms with E-state index in [2.05, 4.69) is 15.2 Å². The number of ether oxygens (including phenoxy) is 1. The van der Waals surface area contributed by atoms with Crippen molar-refractivity contribution in [2.75, 3.05) is 0 Å². The molecule has 0 aliphatic heterocycles. The molecule has 0 atom stereocenters. The largest absolute Gasteiger partial charge is 0.488 e. The number of hydrogen-bond acceptors (Lipinski definition) is 5. The minimum absolute atomic E-state index is 0.0434. The maximum atomic E-state index is 11.8. The van der Waals surface area contributed by atoms with Crippen LogP contribution in [0, 0.1) is 0 Å². The number of thioether (sulfide) groups is 1. The van der Waals surface area contributed by atoms with Gasteiger partial charge in [0, 0.05) is 27.6 Å². The van der Waals surface area contributed by atoms with Gasteiger partial charge in [-0.1, -0.05) is 48.3 Å². The Bertz CT molecular complexity index is 1070. The second-order valence-corrected chi connectivity index (χ2v) is 8.15. The van der Waals surface area contributed by atoms with Crippen molar-refractivity contribution in [2.24, 2.45) is 0 Å². The highest BCUT2D eigenvalue weighted by Gasteiger charge is 2.15. The first kappa shape index (κ1) is 22.2. The number of aromatic amines is 1. The molecule has 1 aromatic heterocycles. The van der Waals surface area contributed by atoms with Gasteiger partial charge in [-0.15, -0.1) is 5.10 Å². The van der Waals surface area contributed by atoms with E-state index in [9.17, 15) is 9.90 Å². The number of hydrogen-bond donors (Lipinski definition) is 2. The molecule has 0 aliphatic carbocycles. The number of H-pyrrole nitrogens is 1. The fourth-order valence-corrected chi connectivity index (χ4v) is 3.67. The van der Waals surface area contributed by atoms with Crippen LogP contribution in [0.25, 0.3) is 6.08 Å². The van der Waals surface area contributed by atoms with E-state index in [-0.39, 0.29) is 11.5 Å². The summed E-state index contributed by atoms with van der Waals surface area (Å²) < 4.78 is 5.90. The van der Waals surface area contributed by atoms with Gasteiger partial charge in [-0.05, 0) is 48.5 Å². The van der Waals surface area contributed by atoms with E-state index in [1.54, 1.807) is 24.3 Å². The van der Waals surface area contributed by atoms with Crippen LogP contribution in [0.5, 0.6) is 5.75 Å². The van der Waals surface area contributed by atoms with E-state index in [1.165, 1.54) is 6.08 Å². The molecule has 3 aromatic rings. The van der Waals surface area contributed by atoms with E-state index < -0.39 is 5.97 Å². The van der Waals surface area contributed by atoms with Crippen molar-refractivity contribution in [3.63, 3.8) is 0 Å². The molecule has 2 aromatic carbocycles. The van der Waals surface area contributed by atoms with Crippen molar-refractivity contribution >= 4 is 47.0 Å². The number of carboxylic acids is 1. The number of nitrogens with zero attached hydrogens (tertiary/aromatic N) is 2. The predicted molar refractivity (Wildman–Crippen MR) is 119 cm³/mol. The Morgan fingerprint density at radius 2 is 2.07 bits per heavy atom. The van der Waals surface area contributed by atoms with E-state index in [1.807, 2.05) is 25.1 Å². The molecule has 0 radical (unpaired) electrons. The third-order valence-corrected chi connectivity index (χ3v) is 5.49. The standard InChI is InChI=1S/C21H19Cl2N3O3S/c1-2-5-19-24-21(26-25-19)30-18(20(27)28)11-14-10-15(22)8-9-17(14)29-12-13-6-3-4-7-16(13)23/h3-4,6-11H,2,5,12H2,1H3,(H,27,28)(H,24,25,26)/b18-11-. The summed E-state index contributed by atoms with van der Waals surface area (Å²) in [6.07, 6.45) is 3.15. The Hall–Kier alpha value is -2.48. The zero-order chi connectivity index (χ0) is 21.5. The van der Waals surface area contributed by atoms with Crippen molar-refractivity contribution in [3.8, 4) is 5.75 Å². The SMILES string of the molecule is CCCc1nc(S/C(=C\c2cc(Cl)ccc2OCc2ccccc2Cl)C(=O)O)n[nH]1. The molecule has 0 amide bonds. The maximum Gasteiger partial charge on any atom is 0.342 e. The van der Waals surface area contributed by atoms with Crippen molar-refractivity contribution in [1.29, 1.82) is 0 Å². The van der Waals surface area contributed by atoms with Crippen LogP contribution in [0.4, 0.5) is 0 Å². The van der Waals surface area contributed by atoms with E-state index in [4.69, 9.17) is 27.9 Å². The molecule has 2 N–H and O–H groups in total. The van der Waals surface area contributed by atoms with Crippen molar-refractivity contribution < 1.29 is 14.6 Å². The summed E-state index contributed by atoms with van der Waals surface area (Å²) in [7, 11) is 0. The Labute approximate surface area is 188 Å². The fraction of sp³-hybridized carbons (Fsp3) is 0.190. The van der Waals surface area contributed by atoms with Gasteiger partial charge in [0.1, 0.15) is 23.1 Å². The zero-order valence-electron chi connectivity index (χ0n) is 16.1. The molecule has 0 fully saturated rings. The number of carboxylic acid groups (broad SMARTS) is 1. The van der Waals surface area contributed by atoms with Crippen molar-refractivity contribution in [1.82, 2.24) is 15.2 Å². The fourth-order valence-electron chi connectivity index (χ4n) is 2.58. The lowest BCUT2D eigenvalue weighted by atomic mass is 10.2. The first-order chi connectivity index (χ1) is 14.5. The topological polar surface area (TPSA) is 88.1 Å². The summed E-state index contributed by atoms with van der Waals surface area (Å²) in [5.74, 6) is 0.107. The molecule has 0 bridgehead atoms. The number of carbonyl (C=O) groups is 1. The molecular formula is C21H19Cl2N3O3S. The molecule has 0 aliphatic rings. The number of aryl methyl sites for hydroxylation is 1. The van der Waals surface area contributed by atoms with Gasteiger partial charge >= 0.3 is 5.97 Å². The number of halogens is 2. The summed E-state index contributed by atoms with van der Waals surface area (Å²) >= 11 is 13.3. The van der Waals surface area contributed by atoms with E-state index in [0.717, 1.165) is 36.0 Å². The molecular weight excluding hydrogens is 445 g/mol. The van der Waals surface area contributed by atoms with Gasteiger partial charge in [0.25, 0.3) is 0 Å². The number of nitrogens with one attached hydrogen (secondary N) is 1. The molecule has 1 heterocycles. The summed E-state index contributed by atoms with van der Waals surface area (Å²) in [6, 6.07) is 12.4. The van der Waals surface area contributed by atoms with Gasteiger partial charge in [0.2, 0.25) is 5.16 Å². The van der Waals surface area contributed by atoms with Gasteiger partial charge in [-0.3, -0.25) is 5.10 Å². The molecule has 9 heteroatoms. The number of aliphatic carboxylic acids is 1. The van der Waals surface area contributed by atoms with Crippen LogP contribution in [0.1, 0.15) is 30.3 Å². The van der Waals surface area contributed by atoms with E-state index in [0.29, 0.717) is 26.5 Å². The summed E-state index contributed by atoms with van der Waals surface area (Å²) in [5, 5.41) is 18.0. The van der Waals surface area contributed by atoms with Crippen LogP contribution < -0.4 is 4.74 Å². The van der Waals surface area contributed by atoms with Gasteiger partial charge in [-0.2, -0.15) is 0 Å². The second kappa shape index (κ2) is 10.5. The second-order valence-electron chi connectivity index (χ2n) is 6.29. The lowest BCUT2D eigenvalue weighted by Gasteiger charge is -2.11. The van der Waals surface area contributed by atoms with E-state index >= 15 is 0 Å². The number of rotatable bonds is 9. The highest BCUT2D eigenvalue weighted by molar-refractivity contribution is 8.04. The molecule has 3 rings (SSSR count). The van der Waals surface area contributed by atoms with Gasteiger partial charge in [0.05, 0.1) is 0 Å². The Morgan fingerprint density at radius 3 is 2.80 bits per heavy atom. The monoisotopic (exact) mass is 463 g/mol. The van der Waals surface area contributed by atoms with Crippen LogP contribution in [-0.4, -0.2) is 26.3 Å². The predicted octanol–water partition coefficient (Wildman–Crippen LogP) is 5.86. The third kappa shape index (κ3) is 6.01. The lowest BCUT2D eigenvalue weighted by Crippen LogP contribution is -2.00. The van der Waals surface area contributed by atoms with Gasteiger partial charge < -0.3 is 9.84 Å². The Kier molecular flexibility index (Phi) is 7.79. The van der Waals surface area contributed by atoms with Crippen LogP contribution in [-0.2, 0) is 17.8 Å². The van der Waals surface area contributed by atoms with Crippen molar-refractivity contribution in [2.45, 2.75) is 31.5 Å². The summed E-state index contributed by atoms with van der Waals surface area (Å²) in [4.78, 5) is 16.2. The van der Waals surface area contributed by atoms with Crippen LogP contribution in [0.2, 0.25) is 10.0 Å². The van der Waals surface area contributed by atoms with Crippen molar-refractivity contribution in [3.05, 3.63) is 74.4 Å². The van der Waals surface area contributed by atoms with Crippen LogP contribution >= 0.6 is 35.0 Å².